The van der Waals surface area contributed by atoms with Gasteiger partial charge in [-0.05, 0) is 54.8 Å². The van der Waals surface area contributed by atoms with Crippen LogP contribution < -0.4 is 5.73 Å². The summed E-state index contributed by atoms with van der Waals surface area (Å²) in [4.78, 5) is 0. The van der Waals surface area contributed by atoms with Crippen molar-refractivity contribution in [2.24, 2.45) is 5.73 Å². The summed E-state index contributed by atoms with van der Waals surface area (Å²) in [6.45, 7) is 1.85. The minimum Gasteiger partial charge on any atom is -0.321 e. The smallest absolute Gasteiger partial charge is 0.123 e. The van der Waals surface area contributed by atoms with Gasteiger partial charge in [-0.25, -0.2) is 4.39 Å². The molecule has 2 aromatic carbocycles. The van der Waals surface area contributed by atoms with Crippen molar-refractivity contribution in [2.45, 2.75) is 18.9 Å². The highest BCUT2D eigenvalue weighted by Gasteiger charge is 2.25. The van der Waals surface area contributed by atoms with Crippen LogP contribution in [0.4, 0.5) is 4.39 Å². The van der Waals surface area contributed by atoms with Gasteiger partial charge < -0.3 is 5.73 Å². The van der Waals surface area contributed by atoms with E-state index in [-0.39, 0.29) is 5.82 Å². The SMILES string of the molecule is CC(N)(Cc1cc(F)ccc1Cl)c1ccc(Br)cc1Cl. The molecule has 1 nitrogen and oxygen atoms in total. The summed E-state index contributed by atoms with van der Waals surface area (Å²) in [6, 6.07) is 9.78. The van der Waals surface area contributed by atoms with E-state index in [4.69, 9.17) is 28.9 Å². The molecule has 2 rings (SSSR count). The van der Waals surface area contributed by atoms with Crippen molar-refractivity contribution in [2.75, 3.05) is 0 Å². The Morgan fingerprint density at radius 3 is 2.50 bits per heavy atom. The van der Waals surface area contributed by atoms with E-state index < -0.39 is 5.54 Å². The molecule has 0 bridgehead atoms. The number of benzene rings is 2. The average Bonchev–Trinajstić information content (AvgIpc) is 2.33. The number of hydrogen-bond donors (Lipinski definition) is 1. The lowest BCUT2D eigenvalue weighted by Crippen LogP contribution is -2.36. The van der Waals surface area contributed by atoms with Crippen molar-refractivity contribution >= 4 is 39.1 Å². The maximum Gasteiger partial charge on any atom is 0.123 e. The molecule has 0 aliphatic rings. The van der Waals surface area contributed by atoms with Crippen molar-refractivity contribution in [3.8, 4) is 0 Å². The van der Waals surface area contributed by atoms with E-state index in [1.54, 1.807) is 6.07 Å². The van der Waals surface area contributed by atoms with E-state index in [2.05, 4.69) is 15.9 Å². The van der Waals surface area contributed by atoms with E-state index in [9.17, 15) is 4.39 Å². The van der Waals surface area contributed by atoms with Crippen LogP contribution in [-0.2, 0) is 12.0 Å². The average molecular weight is 377 g/mol. The zero-order valence-electron chi connectivity index (χ0n) is 10.8. The van der Waals surface area contributed by atoms with Gasteiger partial charge in [-0.3, -0.25) is 0 Å². The molecule has 1 atom stereocenters. The van der Waals surface area contributed by atoms with Crippen LogP contribution in [0.3, 0.4) is 0 Å². The first-order valence-electron chi connectivity index (χ1n) is 5.98. The Morgan fingerprint density at radius 2 is 1.85 bits per heavy atom. The Kier molecular flexibility index (Phi) is 4.75. The van der Waals surface area contributed by atoms with Crippen LogP contribution in [0.1, 0.15) is 18.1 Å². The summed E-state index contributed by atoms with van der Waals surface area (Å²) in [7, 11) is 0. The van der Waals surface area contributed by atoms with Crippen molar-refractivity contribution < 1.29 is 4.39 Å². The van der Waals surface area contributed by atoms with Crippen LogP contribution >= 0.6 is 39.1 Å². The summed E-state index contributed by atoms with van der Waals surface area (Å²) >= 11 is 15.7. The summed E-state index contributed by atoms with van der Waals surface area (Å²) in [6.07, 6.45) is 0.394. The van der Waals surface area contributed by atoms with Crippen LogP contribution in [0, 0.1) is 5.82 Å². The minimum absolute atomic E-state index is 0.331. The molecule has 0 aromatic heterocycles. The third kappa shape index (κ3) is 3.53. The summed E-state index contributed by atoms with van der Waals surface area (Å²) in [5.41, 5.74) is 7.08. The van der Waals surface area contributed by atoms with Gasteiger partial charge in [0.25, 0.3) is 0 Å². The molecule has 0 saturated carbocycles. The lowest BCUT2D eigenvalue weighted by Gasteiger charge is -2.27. The van der Waals surface area contributed by atoms with Gasteiger partial charge in [0.2, 0.25) is 0 Å². The molecule has 0 spiro atoms. The molecule has 0 aliphatic heterocycles. The standard InChI is InChI=1S/C15H13BrCl2FN/c1-15(20,12-4-2-10(16)7-14(12)18)8-9-6-11(19)3-5-13(9)17/h2-7H,8,20H2,1H3. The molecule has 0 radical (unpaired) electrons. The second-order valence-electron chi connectivity index (χ2n) is 4.95. The second kappa shape index (κ2) is 6.02. The number of halogens is 4. The van der Waals surface area contributed by atoms with Crippen molar-refractivity contribution in [1.29, 1.82) is 0 Å². The number of hydrogen-bond acceptors (Lipinski definition) is 1. The highest BCUT2D eigenvalue weighted by molar-refractivity contribution is 9.10. The summed E-state index contributed by atoms with van der Waals surface area (Å²) in [5, 5.41) is 1.06. The fourth-order valence-corrected chi connectivity index (χ4v) is 3.20. The largest absolute Gasteiger partial charge is 0.321 e. The van der Waals surface area contributed by atoms with Crippen molar-refractivity contribution in [1.82, 2.24) is 0 Å². The maximum atomic E-state index is 13.3. The summed E-state index contributed by atoms with van der Waals surface area (Å²) in [5.74, 6) is -0.331. The molecule has 2 aromatic rings. The predicted molar refractivity (Wildman–Crippen MR) is 85.8 cm³/mol. The number of nitrogens with two attached hydrogens (primary N) is 1. The highest BCUT2D eigenvalue weighted by atomic mass is 79.9. The Hall–Kier alpha value is -0.610. The zero-order chi connectivity index (χ0) is 14.9. The van der Waals surface area contributed by atoms with Gasteiger partial charge in [-0.15, -0.1) is 0 Å². The molecule has 20 heavy (non-hydrogen) atoms. The van der Waals surface area contributed by atoms with Crippen LogP contribution in [0.5, 0.6) is 0 Å². The van der Waals surface area contributed by atoms with E-state index in [1.807, 2.05) is 19.1 Å². The summed E-state index contributed by atoms with van der Waals surface area (Å²) < 4.78 is 14.2. The molecule has 1 unspecified atom stereocenters. The van der Waals surface area contributed by atoms with Gasteiger partial charge in [0, 0.05) is 20.1 Å². The Bertz CT molecular complexity index is 644. The Balaban J connectivity index is 2.37. The molecule has 0 heterocycles. The quantitative estimate of drug-likeness (QED) is 0.771. The molecule has 0 fully saturated rings. The van der Waals surface area contributed by atoms with Crippen molar-refractivity contribution in [3.05, 3.63) is 67.9 Å². The molecule has 2 N–H and O–H groups in total. The third-order valence-electron chi connectivity index (χ3n) is 3.11. The Labute approximate surface area is 136 Å². The molecule has 5 heteroatoms. The first-order valence-corrected chi connectivity index (χ1v) is 7.53. The first-order chi connectivity index (χ1) is 9.29. The van der Waals surface area contributed by atoms with Gasteiger partial charge >= 0.3 is 0 Å². The van der Waals surface area contributed by atoms with Crippen molar-refractivity contribution in [3.63, 3.8) is 0 Å². The van der Waals surface area contributed by atoms with E-state index in [0.717, 1.165) is 10.0 Å². The fourth-order valence-electron chi connectivity index (χ4n) is 2.12. The third-order valence-corrected chi connectivity index (χ3v) is 4.29. The number of rotatable bonds is 3. The van der Waals surface area contributed by atoms with E-state index in [1.165, 1.54) is 18.2 Å². The van der Waals surface area contributed by atoms with Crippen LogP contribution in [0.25, 0.3) is 0 Å². The molecule has 106 valence electrons. The molecule has 0 aliphatic carbocycles. The monoisotopic (exact) mass is 375 g/mol. The minimum atomic E-state index is -0.741. The zero-order valence-corrected chi connectivity index (χ0v) is 13.9. The lowest BCUT2D eigenvalue weighted by molar-refractivity contribution is 0.490. The van der Waals surface area contributed by atoms with Gasteiger partial charge in [0.1, 0.15) is 5.82 Å². The highest BCUT2D eigenvalue weighted by Crippen LogP contribution is 2.33. The normalized spacial score (nSPS) is 14.1. The van der Waals surface area contributed by atoms with Crippen LogP contribution in [-0.4, -0.2) is 0 Å². The van der Waals surface area contributed by atoms with E-state index >= 15 is 0 Å². The van der Waals surface area contributed by atoms with E-state index in [0.29, 0.717) is 22.0 Å². The molecular formula is C15H13BrCl2FN. The lowest BCUT2D eigenvalue weighted by atomic mass is 9.86. The predicted octanol–water partition coefficient (Wildman–Crippen LogP) is 5.31. The van der Waals surface area contributed by atoms with Crippen LogP contribution in [0.2, 0.25) is 10.0 Å². The second-order valence-corrected chi connectivity index (χ2v) is 6.68. The van der Waals surface area contributed by atoms with Gasteiger partial charge in [-0.1, -0.05) is 45.2 Å². The molecule has 0 amide bonds. The molecular weight excluding hydrogens is 364 g/mol. The fraction of sp³-hybridized carbons (Fsp3) is 0.200. The first kappa shape index (κ1) is 15.8. The van der Waals surface area contributed by atoms with Gasteiger partial charge in [-0.2, -0.15) is 0 Å². The molecule has 0 saturated heterocycles. The van der Waals surface area contributed by atoms with Gasteiger partial charge in [0.15, 0.2) is 0 Å². The Morgan fingerprint density at radius 1 is 1.15 bits per heavy atom. The van der Waals surface area contributed by atoms with Gasteiger partial charge in [0.05, 0.1) is 0 Å². The van der Waals surface area contributed by atoms with Crippen LogP contribution in [0.15, 0.2) is 40.9 Å². The maximum absolute atomic E-state index is 13.3. The topological polar surface area (TPSA) is 26.0 Å².